The molecule has 0 fully saturated rings. The highest BCUT2D eigenvalue weighted by molar-refractivity contribution is 5.65. The van der Waals surface area contributed by atoms with Crippen LogP contribution >= 0.6 is 0 Å². The van der Waals surface area contributed by atoms with Gasteiger partial charge in [-0.1, -0.05) is 19.9 Å². The van der Waals surface area contributed by atoms with Crippen molar-refractivity contribution >= 4 is 5.57 Å². The number of aromatic nitrogens is 2. The van der Waals surface area contributed by atoms with E-state index in [1.807, 2.05) is 13.1 Å². The molecule has 0 saturated carbocycles. The Morgan fingerprint density at radius 3 is 2.62 bits per heavy atom. The fourth-order valence-corrected chi connectivity index (χ4v) is 1.44. The van der Waals surface area contributed by atoms with Crippen molar-refractivity contribution in [2.45, 2.75) is 27.7 Å². The molecule has 0 spiro atoms. The summed E-state index contributed by atoms with van der Waals surface area (Å²) in [7, 11) is 0. The molecule has 0 atom stereocenters. The van der Waals surface area contributed by atoms with Crippen LogP contribution in [-0.2, 0) is 0 Å². The molecular formula is C11H16N2. The minimum atomic E-state index is 0.513. The number of allylic oxidation sites excluding steroid dienone is 2. The Morgan fingerprint density at radius 1 is 1.46 bits per heavy atom. The van der Waals surface area contributed by atoms with E-state index in [-0.39, 0.29) is 0 Å². The Balaban J connectivity index is 3.13. The minimum absolute atomic E-state index is 0.513. The summed E-state index contributed by atoms with van der Waals surface area (Å²) >= 11 is 0. The molecule has 0 radical (unpaired) electrons. The summed E-state index contributed by atoms with van der Waals surface area (Å²) in [5, 5.41) is 0. The predicted molar refractivity (Wildman–Crippen MR) is 55.3 cm³/mol. The van der Waals surface area contributed by atoms with Gasteiger partial charge in [-0.3, -0.25) is 0 Å². The Labute approximate surface area is 79.7 Å². The Kier molecular flexibility index (Phi) is 3.18. The molecule has 0 unspecified atom stereocenters. The summed E-state index contributed by atoms with van der Waals surface area (Å²) in [6.07, 6.45) is 5.59. The summed E-state index contributed by atoms with van der Waals surface area (Å²) in [5.74, 6) is 0.513. The van der Waals surface area contributed by atoms with Gasteiger partial charge in [0, 0.05) is 6.20 Å². The molecule has 2 heteroatoms. The first-order valence-corrected chi connectivity index (χ1v) is 4.60. The molecule has 70 valence electrons. The predicted octanol–water partition coefficient (Wildman–Crippen LogP) is 2.84. The summed E-state index contributed by atoms with van der Waals surface area (Å²) in [5.41, 5.74) is 3.51. The van der Waals surface area contributed by atoms with Crippen molar-refractivity contribution in [3.63, 3.8) is 0 Å². The zero-order chi connectivity index (χ0) is 9.84. The van der Waals surface area contributed by atoms with Gasteiger partial charge in [-0.2, -0.15) is 0 Å². The van der Waals surface area contributed by atoms with E-state index in [9.17, 15) is 0 Å². The van der Waals surface area contributed by atoms with Crippen molar-refractivity contribution in [1.29, 1.82) is 0 Å². The van der Waals surface area contributed by atoms with Crippen LogP contribution in [-0.4, -0.2) is 9.97 Å². The SMILES string of the molecule is C/C=C(\c1ncncc1C)C(C)C. The molecule has 0 aliphatic rings. The summed E-state index contributed by atoms with van der Waals surface area (Å²) in [6, 6.07) is 0. The molecule has 2 nitrogen and oxygen atoms in total. The molecule has 0 amide bonds. The second-order valence-corrected chi connectivity index (χ2v) is 3.45. The van der Waals surface area contributed by atoms with Gasteiger partial charge in [0.25, 0.3) is 0 Å². The second-order valence-electron chi connectivity index (χ2n) is 3.45. The van der Waals surface area contributed by atoms with Crippen LogP contribution in [0.5, 0.6) is 0 Å². The highest BCUT2D eigenvalue weighted by Gasteiger charge is 2.08. The maximum absolute atomic E-state index is 4.29. The quantitative estimate of drug-likeness (QED) is 0.692. The van der Waals surface area contributed by atoms with E-state index >= 15 is 0 Å². The normalized spacial score (nSPS) is 12.2. The first-order valence-electron chi connectivity index (χ1n) is 4.60. The standard InChI is InChI=1S/C11H16N2/c1-5-10(8(2)3)11-9(4)6-12-7-13-11/h5-8H,1-4H3/b10-5-. The van der Waals surface area contributed by atoms with Crippen LogP contribution < -0.4 is 0 Å². The summed E-state index contributed by atoms with van der Waals surface area (Å²) in [6.45, 7) is 8.45. The van der Waals surface area contributed by atoms with Crippen molar-refractivity contribution in [3.05, 3.63) is 29.9 Å². The van der Waals surface area contributed by atoms with E-state index in [1.54, 1.807) is 6.33 Å². The number of hydrogen-bond acceptors (Lipinski definition) is 2. The van der Waals surface area contributed by atoms with Crippen LogP contribution in [0.15, 0.2) is 18.6 Å². The maximum Gasteiger partial charge on any atom is 0.116 e. The zero-order valence-electron chi connectivity index (χ0n) is 8.70. The lowest BCUT2D eigenvalue weighted by molar-refractivity contribution is 0.842. The van der Waals surface area contributed by atoms with Gasteiger partial charge in [-0.25, -0.2) is 9.97 Å². The smallest absolute Gasteiger partial charge is 0.116 e. The van der Waals surface area contributed by atoms with E-state index in [0.29, 0.717) is 5.92 Å². The van der Waals surface area contributed by atoms with Gasteiger partial charge in [0.15, 0.2) is 0 Å². The molecular weight excluding hydrogens is 160 g/mol. The molecule has 1 rings (SSSR count). The van der Waals surface area contributed by atoms with Crippen LogP contribution in [0.4, 0.5) is 0 Å². The molecule has 1 aromatic rings. The van der Waals surface area contributed by atoms with E-state index in [4.69, 9.17) is 0 Å². The average Bonchev–Trinajstić information content (AvgIpc) is 2.09. The van der Waals surface area contributed by atoms with Crippen LogP contribution in [0, 0.1) is 12.8 Å². The maximum atomic E-state index is 4.29. The molecule has 1 heterocycles. The van der Waals surface area contributed by atoms with E-state index in [2.05, 4.69) is 36.8 Å². The van der Waals surface area contributed by atoms with E-state index in [1.165, 1.54) is 5.57 Å². The van der Waals surface area contributed by atoms with Crippen molar-refractivity contribution in [3.8, 4) is 0 Å². The van der Waals surface area contributed by atoms with Crippen LogP contribution in [0.1, 0.15) is 32.0 Å². The highest BCUT2D eigenvalue weighted by Crippen LogP contribution is 2.22. The van der Waals surface area contributed by atoms with Crippen molar-refractivity contribution < 1.29 is 0 Å². The number of hydrogen-bond donors (Lipinski definition) is 0. The number of rotatable bonds is 2. The van der Waals surface area contributed by atoms with E-state index < -0.39 is 0 Å². The van der Waals surface area contributed by atoms with Crippen molar-refractivity contribution in [1.82, 2.24) is 9.97 Å². The number of aryl methyl sites for hydroxylation is 1. The third-order valence-corrected chi connectivity index (χ3v) is 2.10. The van der Waals surface area contributed by atoms with Gasteiger partial charge >= 0.3 is 0 Å². The van der Waals surface area contributed by atoms with Gasteiger partial charge in [-0.15, -0.1) is 0 Å². The van der Waals surface area contributed by atoms with Crippen LogP contribution in [0.25, 0.3) is 5.57 Å². The number of nitrogens with zero attached hydrogens (tertiary/aromatic N) is 2. The highest BCUT2D eigenvalue weighted by atomic mass is 14.8. The Hall–Kier alpha value is -1.18. The topological polar surface area (TPSA) is 25.8 Å². The minimum Gasteiger partial charge on any atom is -0.245 e. The average molecular weight is 176 g/mol. The fraction of sp³-hybridized carbons (Fsp3) is 0.455. The molecule has 1 aromatic heterocycles. The molecule has 0 N–H and O–H groups in total. The van der Waals surface area contributed by atoms with Gasteiger partial charge in [-0.05, 0) is 30.9 Å². The third kappa shape index (κ3) is 2.14. The van der Waals surface area contributed by atoms with Gasteiger partial charge in [0.05, 0.1) is 5.69 Å². The third-order valence-electron chi connectivity index (χ3n) is 2.10. The molecule has 0 bridgehead atoms. The lowest BCUT2D eigenvalue weighted by Crippen LogP contribution is -1.99. The van der Waals surface area contributed by atoms with Gasteiger partial charge < -0.3 is 0 Å². The Morgan fingerprint density at radius 2 is 2.15 bits per heavy atom. The molecule has 0 aliphatic heterocycles. The lowest BCUT2D eigenvalue weighted by Gasteiger charge is -2.11. The Bertz CT molecular complexity index is 314. The van der Waals surface area contributed by atoms with Gasteiger partial charge in [0.1, 0.15) is 6.33 Å². The molecule has 13 heavy (non-hydrogen) atoms. The fourth-order valence-electron chi connectivity index (χ4n) is 1.44. The first kappa shape index (κ1) is 9.90. The molecule has 0 aliphatic carbocycles. The first-order chi connectivity index (χ1) is 6.16. The molecule has 0 saturated heterocycles. The van der Waals surface area contributed by atoms with Gasteiger partial charge in [0.2, 0.25) is 0 Å². The van der Waals surface area contributed by atoms with Crippen molar-refractivity contribution in [2.24, 2.45) is 5.92 Å². The summed E-state index contributed by atoms with van der Waals surface area (Å²) in [4.78, 5) is 8.27. The molecule has 0 aromatic carbocycles. The van der Waals surface area contributed by atoms with Crippen LogP contribution in [0.3, 0.4) is 0 Å². The van der Waals surface area contributed by atoms with Crippen LogP contribution in [0.2, 0.25) is 0 Å². The zero-order valence-corrected chi connectivity index (χ0v) is 8.70. The monoisotopic (exact) mass is 176 g/mol. The lowest BCUT2D eigenvalue weighted by atomic mass is 9.97. The van der Waals surface area contributed by atoms with E-state index in [0.717, 1.165) is 11.3 Å². The summed E-state index contributed by atoms with van der Waals surface area (Å²) < 4.78 is 0. The largest absolute Gasteiger partial charge is 0.245 e. The van der Waals surface area contributed by atoms with Crippen molar-refractivity contribution in [2.75, 3.05) is 0 Å². The second kappa shape index (κ2) is 4.17.